The molecule has 0 radical (unpaired) electrons. The lowest BCUT2D eigenvalue weighted by molar-refractivity contribution is 1.03. The Balaban J connectivity index is 0. The molecule has 0 aliphatic heterocycles. The lowest BCUT2D eigenvalue weighted by Crippen LogP contribution is -2.01. The molecule has 0 amide bonds. The molecule has 0 heterocycles. The first-order valence-electron chi connectivity index (χ1n) is 6.06. The summed E-state index contributed by atoms with van der Waals surface area (Å²) in [6.45, 7) is 17.4. The summed E-state index contributed by atoms with van der Waals surface area (Å²) in [5, 5.41) is 0. The van der Waals surface area contributed by atoms with Gasteiger partial charge >= 0.3 is 0 Å². The number of hydrogen-bond acceptors (Lipinski definition) is 0. The van der Waals surface area contributed by atoms with E-state index in [-0.39, 0.29) is 7.43 Å². The highest BCUT2D eigenvalue weighted by atomic mass is 14.1. The van der Waals surface area contributed by atoms with E-state index in [9.17, 15) is 0 Å². The van der Waals surface area contributed by atoms with Crippen LogP contribution in [0.5, 0.6) is 0 Å². The first-order valence-corrected chi connectivity index (χ1v) is 6.06. The maximum Gasteiger partial charge on any atom is -0.0302 e. The van der Waals surface area contributed by atoms with Gasteiger partial charge in [0, 0.05) is 0 Å². The van der Waals surface area contributed by atoms with E-state index in [0.717, 1.165) is 6.42 Å². The molecule has 0 saturated carbocycles. The standard InChI is InChI=1S/C13H20.C2H6.CH4/c1-7-13-11(5)9(3)8(2)10(4)12(13)6;1-2;/h7H2,1-6H3;1-2H3;1H4. The van der Waals surface area contributed by atoms with Crippen molar-refractivity contribution in [2.24, 2.45) is 0 Å². The van der Waals surface area contributed by atoms with Crippen LogP contribution in [0.3, 0.4) is 0 Å². The molecular formula is C16H30. The molecule has 0 aliphatic rings. The van der Waals surface area contributed by atoms with Gasteiger partial charge in [0.1, 0.15) is 0 Å². The van der Waals surface area contributed by atoms with Crippen LogP contribution in [0.15, 0.2) is 0 Å². The van der Waals surface area contributed by atoms with E-state index in [0.29, 0.717) is 0 Å². The molecule has 1 aromatic carbocycles. The average Bonchev–Trinajstić information content (AvgIpc) is 2.27. The molecule has 0 N–H and O–H groups in total. The summed E-state index contributed by atoms with van der Waals surface area (Å²) in [6.07, 6.45) is 1.15. The first-order chi connectivity index (χ1) is 7.00. The van der Waals surface area contributed by atoms with Crippen molar-refractivity contribution in [3.8, 4) is 0 Å². The molecule has 16 heavy (non-hydrogen) atoms. The molecule has 0 aliphatic carbocycles. The zero-order valence-corrected chi connectivity index (χ0v) is 11.7. The molecule has 0 unspecified atom stereocenters. The third-order valence-corrected chi connectivity index (χ3v) is 3.51. The summed E-state index contributed by atoms with van der Waals surface area (Å²) >= 11 is 0. The fourth-order valence-corrected chi connectivity index (χ4v) is 2.11. The third kappa shape index (κ3) is 3.10. The van der Waals surface area contributed by atoms with Crippen molar-refractivity contribution in [2.45, 2.75) is 69.2 Å². The predicted octanol–water partition coefficient (Wildman–Crippen LogP) is 5.45. The van der Waals surface area contributed by atoms with E-state index in [2.05, 4.69) is 41.5 Å². The zero-order valence-electron chi connectivity index (χ0n) is 11.7. The van der Waals surface area contributed by atoms with E-state index >= 15 is 0 Å². The molecule has 0 saturated heterocycles. The highest BCUT2D eigenvalue weighted by molar-refractivity contribution is 5.49. The smallest absolute Gasteiger partial charge is 0.0302 e. The topological polar surface area (TPSA) is 0 Å². The van der Waals surface area contributed by atoms with Gasteiger partial charge in [-0.25, -0.2) is 0 Å². The Labute approximate surface area is 103 Å². The minimum absolute atomic E-state index is 0. The molecule has 0 heteroatoms. The Morgan fingerprint density at radius 1 is 0.625 bits per heavy atom. The van der Waals surface area contributed by atoms with Crippen LogP contribution >= 0.6 is 0 Å². The summed E-state index contributed by atoms with van der Waals surface area (Å²) in [7, 11) is 0. The van der Waals surface area contributed by atoms with Gasteiger partial charge in [-0.1, -0.05) is 28.2 Å². The van der Waals surface area contributed by atoms with Crippen LogP contribution in [0, 0.1) is 34.6 Å². The quantitative estimate of drug-likeness (QED) is 0.592. The van der Waals surface area contributed by atoms with Crippen LogP contribution in [0.25, 0.3) is 0 Å². The summed E-state index contributed by atoms with van der Waals surface area (Å²) < 4.78 is 0. The Hall–Kier alpha value is -0.780. The molecule has 0 spiro atoms. The van der Waals surface area contributed by atoms with Gasteiger partial charge in [-0.2, -0.15) is 0 Å². The van der Waals surface area contributed by atoms with Gasteiger partial charge in [0.2, 0.25) is 0 Å². The Morgan fingerprint density at radius 3 is 1.12 bits per heavy atom. The highest BCUT2D eigenvalue weighted by Crippen LogP contribution is 2.25. The molecule has 0 nitrogen and oxygen atoms in total. The van der Waals surface area contributed by atoms with Crippen molar-refractivity contribution >= 4 is 0 Å². The second-order valence-electron chi connectivity index (χ2n) is 3.96. The zero-order chi connectivity index (χ0) is 12.2. The Bertz CT molecular complexity index is 303. The van der Waals surface area contributed by atoms with E-state index < -0.39 is 0 Å². The number of rotatable bonds is 1. The van der Waals surface area contributed by atoms with Crippen LogP contribution in [-0.4, -0.2) is 0 Å². The van der Waals surface area contributed by atoms with Gasteiger partial charge in [-0.3, -0.25) is 0 Å². The molecule has 0 bridgehead atoms. The van der Waals surface area contributed by atoms with Crippen molar-refractivity contribution < 1.29 is 0 Å². The van der Waals surface area contributed by atoms with Gasteiger partial charge < -0.3 is 0 Å². The van der Waals surface area contributed by atoms with Crippen LogP contribution in [0.2, 0.25) is 0 Å². The molecule has 0 fully saturated rings. The van der Waals surface area contributed by atoms with Crippen molar-refractivity contribution in [1.82, 2.24) is 0 Å². The second kappa shape index (κ2) is 7.49. The molecule has 0 atom stereocenters. The van der Waals surface area contributed by atoms with Gasteiger partial charge in [-0.05, 0) is 74.4 Å². The van der Waals surface area contributed by atoms with Crippen molar-refractivity contribution in [2.75, 3.05) is 0 Å². The highest BCUT2D eigenvalue weighted by Gasteiger charge is 2.09. The van der Waals surface area contributed by atoms with Crippen LogP contribution in [-0.2, 0) is 6.42 Å². The van der Waals surface area contributed by atoms with E-state index in [1.54, 1.807) is 5.56 Å². The van der Waals surface area contributed by atoms with E-state index in [4.69, 9.17) is 0 Å². The van der Waals surface area contributed by atoms with E-state index in [1.165, 1.54) is 27.8 Å². The Kier molecular flexibility index (Phi) is 8.24. The maximum atomic E-state index is 2.24. The SMILES string of the molecule is C.CC.CCc1c(C)c(C)c(C)c(C)c1C. The van der Waals surface area contributed by atoms with Gasteiger partial charge in [0.25, 0.3) is 0 Å². The number of benzene rings is 1. The summed E-state index contributed by atoms with van der Waals surface area (Å²) in [6, 6.07) is 0. The summed E-state index contributed by atoms with van der Waals surface area (Å²) in [4.78, 5) is 0. The van der Waals surface area contributed by atoms with Gasteiger partial charge in [0.15, 0.2) is 0 Å². The van der Waals surface area contributed by atoms with Crippen LogP contribution in [0.4, 0.5) is 0 Å². The first kappa shape index (κ1) is 17.6. The Morgan fingerprint density at radius 2 is 0.875 bits per heavy atom. The predicted molar refractivity (Wildman–Crippen MR) is 77.6 cm³/mol. The van der Waals surface area contributed by atoms with Gasteiger partial charge in [-0.15, -0.1) is 0 Å². The maximum absolute atomic E-state index is 2.24. The van der Waals surface area contributed by atoms with Crippen molar-refractivity contribution in [3.63, 3.8) is 0 Å². The van der Waals surface area contributed by atoms with E-state index in [1.807, 2.05) is 13.8 Å². The van der Waals surface area contributed by atoms with Gasteiger partial charge in [0.05, 0.1) is 0 Å². The molecule has 94 valence electrons. The van der Waals surface area contributed by atoms with Crippen LogP contribution in [0.1, 0.15) is 61.6 Å². The fraction of sp³-hybridized carbons (Fsp3) is 0.625. The minimum atomic E-state index is 0. The summed E-state index contributed by atoms with van der Waals surface area (Å²) in [5.41, 5.74) is 8.93. The lowest BCUT2D eigenvalue weighted by Gasteiger charge is -2.17. The third-order valence-electron chi connectivity index (χ3n) is 3.51. The van der Waals surface area contributed by atoms with Crippen molar-refractivity contribution in [1.29, 1.82) is 0 Å². The molecule has 1 rings (SSSR count). The summed E-state index contributed by atoms with van der Waals surface area (Å²) in [5.74, 6) is 0. The molecule has 0 aromatic heterocycles. The fourth-order valence-electron chi connectivity index (χ4n) is 2.11. The molecular weight excluding hydrogens is 192 g/mol. The monoisotopic (exact) mass is 222 g/mol. The normalized spacial score (nSPS) is 9.00. The largest absolute Gasteiger partial charge is 0.0776 e. The lowest BCUT2D eigenvalue weighted by atomic mass is 9.89. The van der Waals surface area contributed by atoms with Crippen LogP contribution < -0.4 is 0 Å². The number of hydrogen-bond donors (Lipinski definition) is 0. The minimum Gasteiger partial charge on any atom is -0.0776 e. The van der Waals surface area contributed by atoms with Crippen molar-refractivity contribution in [3.05, 3.63) is 33.4 Å². The average molecular weight is 222 g/mol. The second-order valence-corrected chi connectivity index (χ2v) is 3.96. The molecule has 1 aromatic rings.